The minimum absolute atomic E-state index is 0.322. The van der Waals surface area contributed by atoms with Crippen LogP contribution in [0.25, 0.3) is 0 Å². The van der Waals surface area contributed by atoms with Gasteiger partial charge in [0.2, 0.25) is 0 Å². The summed E-state index contributed by atoms with van der Waals surface area (Å²) in [5.41, 5.74) is 3.02. The topological polar surface area (TPSA) is 71.5 Å². The lowest BCUT2D eigenvalue weighted by Crippen LogP contribution is -2.43. The van der Waals surface area contributed by atoms with Crippen LogP contribution in [0.2, 0.25) is 0 Å². The van der Waals surface area contributed by atoms with E-state index in [0.717, 1.165) is 12.1 Å². The third-order valence-corrected chi connectivity index (χ3v) is 3.81. The molecule has 0 radical (unpaired) electrons. The summed E-state index contributed by atoms with van der Waals surface area (Å²) < 4.78 is 5.21. The summed E-state index contributed by atoms with van der Waals surface area (Å²) in [6.45, 7) is 5.21. The summed E-state index contributed by atoms with van der Waals surface area (Å²) in [5, 5.41) is 0. The highest BCUT2D eigenvalue weighted by Crippen LogP contribution is 2.25. The number of hydrazine groups is 1. The van der Waals surface area contributed by atoms with Gasteiger partial charge in [-0.05, 0) is 32.8 Å². The summed E-state index contributed by atoms with van der Waals surface area (Å²) >= 11 is 0. The van der Waals surface area contributed by atoms with Crippen molar-refractivity contribution in [2.24, 2.45) is 5.84 Å². The zero-order valence-corrected chi connectivity index (χ0v) is 11.0. The van der Waals surface area contributed by atoms with Gasteiger partial charge in [0.1, 0.15) is 0 Å². The van der Waals surface area contributed by atoms with Crippen molar-refractivity contribution in [3.05, 3.63) is 23.7 Å². The van der Waals surface area contributed by atoms with E-state index in [1.165, 1.54) is 19.3 Å². The third kappa shape index (κ3) is 2.57. The number of nitrogens with two attached hydrogens (primary N) is 1. The highest BCUT2D eigenvalue weighted by atomic mass is 16.3. The molecule has 18 heavy (non-hydrogen) atoms. The lowest BCUT2D eigenvalue weighted by molar-refractivity contribution is 0.0881. The van der Waals surface area contributed by atoms with Crippen molar-refractivity contribution in [3.8, 4) is 0 Å². The first-order chi connectivity index (χ1) is 8.63. The predicted octanol–water partition coefficient (Wildman–Crippen LogP) is 1.65. The van der Waals surface area contributed by atoms with Gasteiger partial charge in [-0.1, -0.05) is 6.42 Å². The van der Waals surface area contributed by atoms with Gasteiger partial charge in [-0.15, -0.1) is 0 Å². The second kappa shape index (κ2) is 5.54. The fraction of sp³-hybridized carbons (Fsp3) is 0.615. The van der Waals surface area contributed by atoms with Crippen LogP contribution in [-0.2, 0) is 6.54 Å². The Morgan fingerprint density at radius 3 is 2.78 bits per heavy atom. The van der Waals surface area contributed by atoms with E-state index in [1.54, 1.807) is 6.26 Å². The molecule has 1 saturated heterocycles. The lowest BCUT2D eigenvalue weighted by atomic mass is 9.97. The van der Waals surface area contributed by atoms with Crippen LogP contribution in [-0.4, -0.2) is 22.9 Å². The van der Waals surface area contributed by atoms with Gasteiger partial charge in [0, 0.05) is 24.2 Å². The number of nitrogens with zero attached hydrogens (tertiary/aromatic N) is 1. The maximum absolute atomic E-state index is 11.6. The van der Waals surface area contributed by atoms with Crippen LogP contribution in [0.3, 0.4) is 0 Å². The minimum atomic E-state index is -0.368. The molecular weight excluding hydrogens is 230 g/mol. The van der Waals surface area contributed by atoms with E-state index < -0.39 is 0 Å². The molecule has 0 aromatic carbocycles. The molecule has 2 heterocycles. The van der Waals surface area contributed by atoms with Crippen molar-refractivity contribution in [2.75, 3.05) is 0 Å². The quantitative estimate of drug-likeness (QED) is 0.487. The molecule has 0 aliphatic carbocycles. The number of carbonyl (C=O) groups excluding carboxylic acids is 1. The Kier molecular flexibility index (Phi) is 4.04. The summed E-state index contributed by atoms with van der Waals surface area (Å²) in [6, 6.07) is 2.92. The first-order valence-electron chi connectivity index (χ1n) is 6.46. The van der Waals surface area contributed by atoms with Crippen LogP contribution in [0, 0.1) is 0 Å². The van der Waals surface area contributed by atoms with Crippen molar-refractivity contribution in [3.63, 3.8) is 0 Å². The molecule has 1 fully saturated rings. The SMILES string of the molecule is CC1CCCC(C)N1Cc1ccoc1C(=O)NN. The van der Waals surface area contributed by atoms with Crippen molar-refractivity contribution >= 4 is 5.91 Å². The van der Waals surface area contributed by atoms with E-state index in [4.69, 9.17) is 10.3 Å². The lowest BCUT2D eigenvalue weighted by Gasteiger charge is -2.38. The zero-order valence-electron chi connectivity index (χ0n) is 11.0. The third-order valence-electron chi connectivity index (χ3n) is 3.81. The summed E-state index contributed by atoms with van der Waals surface area (Å²) in [7, 11) is 0. The van der Waals surface area contributed by atoms with E-state index in [-0.39, 0.29) is 5.91 Å². The molecule has 2 rings (SSSR count). The van der Waals surface area contributed by atoms with E-state index in [1.807, 2.05) is 6.07 Å². The second-order valence-electron chi connectivity index (χ2n) is 5.05. The maximum Gasteiger partial charge on any atom is 0.301 e. The number of rotatable bonds is 3. The van der Waals surface area contributed by atoms with Gasteiger partial charge in [-0.3, -0.25) is 15.1 Å². The molecule has 1 aliphatic heterocycles. The van der Waals surface area contributed by atoms with Gasteiger partial charge in [0.15, 0.2) is 5.76 Å². The van der Waals surface area contributed by atoms with Crippen LogP contribution in [0.15, 0.2) is 16.7 Å². The highest BCUT2D eigenvalue weighted by molar-refractivity contribution is 5.92. The molecule has 0 saturated carbocycles. The standard InChI is InChI=1S/C13H21N3O2/c1-9-4-3-5-10(2)16(9)8-11-6-7-18-12(11)13(17)15-14/h6-7,9-10H,3-5,8,14H2,1-2H3,(H,15,17). The number of hydrogen-bond acceptors (Lipinski definition) is 4. The van der Waals surface area contributed by atoms with Gasteiger partial charge < -0.3 is 4.42 Å². The fourth-order valence-electron chi connectivity index (χ4n) is 2.71. The zero-order chi connectivity index (χ0) is 13.1. The number of hydrogen-bond donors (Lipinski definition) is 2. The Hall–Kier alpha value is -1.33. The summed E-state index contributed by atoms with van der Waals surface area (Å²) in [6.07, 6.45) is 5.24. The Labute approximate surface area is 107 Å². The monoisotopic (exact) mass is 251 g/mol. The molecule has 2 atom stereocenters. The number of amides is 1. The molecule has 100 valence electrons. The van der Waals surface area contributed by atoms with Crippen LogP contribution in [0.4, 0.5) is 0 Å². The number of piperidine rings is 1. The Morgan fingerprint density at radius 2 is 2.17 bits per heavy atom. The molecular formula is C13H21N3O2. The number of nitrogens with one attached hydrogen (secondary N) is 1. The van der Waals surface area contributed by atoms with Gasteiger partial charge in [0.25, 0.3) is 0 Å². The average Bonchev–Trinajstić information content (AvgIpc) is 2.81. The van der Waals surface area contributed by atoms with Crippen molar-refractivity contribution in [1.82, 2.24) is 10.3 Å². The van der Waals surface area contributed by atoms with Crippen molar-refractivity contribution < 1.29 is 9.21 Å². The molecule has 5 heteroatoms. The van der Waals surface area contributed by atoms with E-state index in [0.29, 0.717) is 17.8 Å². The first-order valence-corrected chi connectivity index (χ1v) is 6.46. The summed E-state index contributed by atoms with van der Waals surface area (Å²) in [4.78, 5) is 14.0. The molecule has 1 aromatic rings. The molecule has 2 unspecified atom stereocenters. The molecule has 3 N–H and O–H groups in total. The highest BCUT2D eigenvalue weighted by Gasteiger charge is 2.26. The van der Waals surface area contributed by atoms with Crippen LogP contribution >= 0.6 is 0 Å². The maximum atomic E-state index is 11.6. The Morgan fingerprint density at radius 1 is 1.50 bits per heavy atom. The largest absolute Gasteiger partial charge is 0.459 e. The van der Waals surface area contributed by atoms with Crippen LogP contribution in [0.1, 0.15) is 49.2 Å². The molecule has 1 aromatic heterocycles. The molecule has 1 aliphatic rings. The minimum Gasteiger partial charge on any atom is -0.459 e. The smallest absolute Gasteiger partial charge is 0.301 e. The first kappa shape index (κ1) is 13.1. The number of likely N-dealkylation sites (tertiary alicyclic amines) is 1. The number of nitrogen functional groups attached to an aromatic ring is 1. The summed E-state index contributed by atoms with van der Waals surface area (Å²) in [5.74, 6) is 5.10. The van der Waals surface area contributed by atoms with E-state index >= 15 is 0 Å². The normalized spacial score (nSPS) is 25.1. The Balaban J connectivity index is 2.13. The molecule has 0 spiro atoms. The average molecular weight is 251 g/mol. The molecule has 5 nitrogen and oxygen atoms in total. The van der Waals surface area contributed by atoms with Gasteiger partial charge in [0.05, 0.1) is 6.26 Å². The predicted molar refractivity (Wildman–Crippen MR) is 68.7 cm³/mol. The van der Waals surface area contributed by atoms with E-state index in [2.05, 4.69) is 24.2 Å². The van der Waals surface area contributed by atoms with Crippen LogP contribution < -0.4 is 11.3 Å². The van der Waals surface area contributed by atoms with Gasteiger partial charge in [-0.25, -0.2) is 5.84 Å². The van der Waals surface area contributed by atoms with Gasteiger partial charge >= 0.3 is 5.91 Å². The molecule has 0 bridgehead atoms. The van der Waals surface area contributed by atoms with Crippen molar-refractivity contribution in [1.29, 1.82) is 0 Å². The van der Waals surface area contributed by atoms with E-state index in [9.17, 15) is 4.79 Å². The number of carbonyl (C=O) groups is 1. The van der Waals surface area contributed by atoms with Crippen LogP contribution in [0.5, 0.6) is 0 Å². The molecule has 1 amide bonds. The van der Waals surface area contributed by atoms with Crippen molar-refractivity contribution in [2.45, 2.75) is 51.7 Å². The van der Waals surface area contributed by atoms with Gasteiger partial charge in [-0.2, -0.15) is 0 Å². The fourth-order valence-corrected chi connectivity index (χ4v) is 2.71. The number of furan rings is 1. The Bertz CT molecular complexity index is 406. The second-order valence-corrected chi connectivity index (χ2v) is 5.05.